The van der Waals surface area contributed by atoms with Gasteiger partial charge in [-0.05, 0) is 31.1 Å². The van der Waals surface area contributed by atoms with Crippen LogP contribution in [0.5, 0.6) is 0 Å². The van der Waals surface area contributed by atoms with E-state index in [1.165, 1.54) is 19.3 Å². The van der Waals surface area contributed by atoms with Gasteiger partial charge >= 0.3 is 0 Å². The molecule has 1 fully saturated rings. The maximum Gasteiger partial charge on any atom is 0.00416 e. The average Bonchev–Trinajstić information content (AvgIpc) is 2.14. The van der Waals surface area contributed by atoms with Crippen LogP contribution in [-0.2, 0) is 0 Å². The highest BCUT2D eigenvalue weighted by Gasteiger charge is 2.23. The first kappa shape index (κ1) is 7.07. The van der Waals surface area contributed by atoms with E-state index in [0.717, 1.165) is 11.8 Å². The van der Waals surface area contributed by atoms with Gasteiger partial charge in [0.25, 0.3) is 0 Å². The molecule has 54 valence electrons. The predicted octanol–water partition coefficient (Wildman–Crippen LogP) is 1.77. The molecule has 9 heavy (non-hydrogen) atoms. The van der Waals surface area contributed by atoms with Gasteiger partial charge in [-0.3, -0.25) is 0 Å². The van der Waals surface area contributed by atoms with Gasteiger partial charge in [0.05, 0.1) is 0 Å². The maximum atomic E-state index is 5.76. The summed E-state index contributed by atoms with van der Waals surface area (Å²) in [5, 5.41) is 0. The summed E-state index contributed by atoms with van der Waals surface area (Å²) >= 11 is 0. The van der Waals surface area contributed by atoms with Gasteiger partial charge in [-0.2, -0.15) is 0 Å². The number of rotatable bonds is 1. The van der Waals surface area contributed by atoms with Crippen molar-refractivity contribution in [3.05, 3.63) is 0 Å². The molecule has 1 rings (SSSR count). The second-order valence-corrected chi connectivity index (χ2v) is 3.58. The molecule has 0 heterocycles. The zero-order valence-corrected chi connectivity index (χ0v) is 6.43. The molecule has 0 bridgehead atoms. The SMILES string of the molecule is CC(C)C1CC[C@H](N)C1. The largest absolute Gasteiger partial charge is 0.328 e. The summed E-state index contributed by atoms with van der Waals surface area (Å²) < 4.78 is 0. The summed E-state index contributed by atoms with van der Waals surface area (Å²) in [7, 11) is 0. The lowest BCUT2D eigenvalue weighted by Gasteiger charge is -2.12. The topological polar surface area (TPSA) is 26.0 Å². The molecule has 0 saturated heterocycles. The summed E-state index contributed by atoms with van der Waals surface area (Å²) in [6, 6.07) is 0.511. The van der Waals surface area contributed by atoms with E-state index < -0.39 is 0 Å². The van der Waals surface area contributed by atoms with Crippen molar-refractivity contribution in [2.75, 3.05) is 0 Å². The third-order valence-corrected chi connectivity index (χ3v) is 2.46. The second-order valence-electron chi connectivity index (χ2n) is 3.58. The van der Waals surface area contributed by atoms with Crippen molar-refractivity contribution in [2.45, 2.75) is 39.2 Å². The highest BCUT2D eigenvalue weighted by atomic mass is 14.6. The Morgan fingerprint density at radius 3 is 2.22 bits per heavy atom. The summed E-state index contributed by atoms with van der Waals surface area (Å²) in [5.74, 6) is 1.76. The monoisotopic (exact) mass is 127 g/mol. The van der Waals surface area contributed by atoms with Crippen LogP contribution in [-0.4, -0.2) is 6.04 Å². The smallest absolute Gasteiger partial charge is 0.00416 e. The summed E-state index contributed by atoms with van der Waals surface area (Å²) in [4.78, 5) is 0. The van der Waals surface area contributed by atoms with E-state index in [0.29, 0.717) is 6.04 Å². The van der Waals surface area contributed by atoms with E-state index in [4.69, 9.17) is 5.73 Å². The Morgan fingerprint density at radius 1 is 1.33 bits per heavy atom. The summed E-state index contributed by atoms with van der Waals surface area (Å²) in [6.45, 7) is 4.59. The van der Waals surface area contributed by atoms with Crippen molar-refractivity contribution < 1.29 is 0 Å². The Labute approximate surface area is 57.6 Å². The number of hydrogen-bond donors (Lipinski definition) is 1. The molecule has 0 amide bonds. The lowest BCUT2D eigenvalue weighted by Crippen LogP contribution is -2.15. The van der Waals surface area contributed by atoms with Gasteiger partial charge in [-0.1, -0.05) is 13.8 Å². The fraction of sp³-hybridized carbons (Fsp3) is 1.00. The predicted molar refractivity (Wildman–Crippen MR) is 40.2 cm³/mol. The quantitative estimate of drug-likeness (QED) is 0.570. The molecule has 0 aromatic heterocycles. The van der Waals surface area contributed by atoms with Gasteiger partial charge in [-0.25, -0.2) is 0 Å². The van der Waals surface area contributed by atoms with E-state index in [9.17, 15) is 0 Å². The van der Waals surface area contributed by atoms with Crippen LogP contribution in [0.15, 0.2) is 0 Å². The Hall–Kier alpha value is -0.0400. The Bertz CT molecular complexity index is 88.6. The highest BCUT2D eigenvalue weighted by molar-refractivity contribution is 4.79. The van der Waals surface area contributed by atoms with Gasteiger partial charge in [0.1, 0.15) is 0 Å². The first-order valence-electron chi connectivity index (χ1n) is 3.95. The normalized spacial score (nSPS) is 36.0. The third-order valence-electron chi connectivity index (χ3n) is 2.46. The minimum absolute atomic E-state index is 0.511. The molecule has 2 N–H and O–H groups in total. The zero-order chi connectivity index (χ0) is 6.85. The summed E-state index contributed by atoms with van der Waals surface area (Å²) in [5.41, 5.74) is 5.76. The lowest BCUT2D eigenvalue weighted by atomic mass is 9.94. The van der Waals surface area contributed by atoms with E-state index in [2.05, 4.69) is 13.8 Å². The number of nitrogens with two attached hydrogens (primary N) is 1. The van der Waals surface area contributed by atoms with Gasteiger partial charge in [0.15, 0.2) is 0 Å². The molecule has 0 aromatic carbocycles. The molecule has 1 aliphatic rings. The maximum absolute atomic E-state index is 5.76. The fourth-order valence-electron chi connectivity index (χ4n) is 1.66. The van der Waals surface area contributed by atoms with Crippen molar-refractivity contribution in [3.8, 4) is 0 Å². The van der Waals surface area contributed by atoms with Gasteiger partial charge in [-0.15, -0.1) is 0 Å². The Balaban J connectivity index is 2.30. The molecule has 2 atom stereocenters. The first-order valence-corrected chi connectivity index (χ1v) is 3.95. The van der Waals surface area contributed by atoms with Gasteiger partial charge in [0.2, 0.25) is 0 Å². The van der Waals surface area contributed by atoms with Crippen molar-refractivity contribution in [1.29, 1.82) is 0 Å². The van der Waals surface area contributed by atoms with Crippen molar-refractivity contribution in [2.24, 2.45) is 17.6 Å². The molecule has 0 aromatic rings. The highest BCUT2D eigenvalue weighted by Crippen LogP contribution is 2.29. The molecule has 1 aliphatic carbocycles. The van der Waals surface area contributed by atoms with Crippen LogP contribution in [0.25, 0.3) is 0 Å². The van der Waals surface area contributed by atoms with Crippen molar-refractivity contribution in [1.82, 2.24) is 0 Å². The van der Waals surface area contributed by atoms with Gasteiger partial charge < -0.3 is 5.73 Å². The molecule has 0 spiro atoms. The first-order chi connectivity index (χ1) is 4.20. The Morgan fingerprint density at radius 2 is 2.00 bits per heavy atom. The summed E-state index contributed by atoms with van der Waals surface area (Å²) in [6.07, 6.45) is 3.87. The molecule has 1 unspecified atom stereocenters. The van der Waals surface area contributed by atoms with Crippen LogP contribution in [0.1, 0.15) is 33.1 Å². The Kier molecular flexibility index (Phi) is 2.12. The van der Waals surface area contributed by atoms with E-state index in [1.807, 2.05) is 0 Å². The average molecular weight is 127 g/mol. The molecule has 1 saturated carbocycles. The molecular formula is C8H17N. The molecular weight excluding hydrogens is 110 g/mol. The van der Waals surface area contributed by atoms with E-state index >= 15 is 0 Å². The molecule has 1 heteroatoms. The fourth-order valence-corrected chi connectivity index (χ4v) is 1.66. The minimum Gasteiger partial charge on any atom is -0.328 e. The van der Waals surface area contributed by atoms with E-state index in [1.54, 1.807) is 0 Å². The van der Waals surface area contributed by atoms with Crippen LogP contribution >= 0.6 is 0 Å². The molecule has 0 radical (unpaired) electrons. The minimum atomic E-state index is 0.511. The van der Waals surface area contributed by atoms with Crippen LogP contribution in [0.4, 0.5) is 0 Å². The van der Waals surface area contributed by atoms with Crippen molar-refractivity contribution >= 4 is 0 Å². The standard InChI is InChI=1S/C8H17N/c1-6(2)7-3-4-8(9)5-7/h6-8H,3-5,9H2,1-2H3/t7?,8-/m0/s1. The molecule has 0 aliphatic heterocycles. The third kappa shape index (κ3) is 1.68. The number of hydrogen-bond acceptors (Lipinski definition) is 1. The zero-order valence-electron chi connectivity index (χ0n) is 6.43. The lowest BCUT2D eigenvalue weighted by molar-refractivity contribution is 0.391. The van der Waals surface area contributed by atoms with Crippen LogP contribution in [0.2, 0.25) is 0 Å². The van der Waals surface area contributed by atoms with Crippen LogP contribution < -0.4 is 5.73 Å². The van der Waals surface area contributed by atoms with Gasteiger partial charge in [0, 0.05) is 6.04 Å². The van der Waals surface area contributed by atoms with Crippen LogP contribution in [0.3, 0.4) is 0 Å². The second kappa shape index (κ2) is 2.70. The molecule has 1 nitrogen and oxygen atoms in total. The van der Waals surface area contributed by atoms with Crippen molar-refractivity contribution in [3.63, 3.8) is 0 Å². The van der Waals surface area contributed by atoms with Crippen LogP contribution in [0, 0.1) is 11.8 Å². The van der Waals surface area contributed by atoms with E-state index in [-0.39, 0.29) is 0 Å².